The number of carbonyl (C=O) groups excluding carboxylic acids is 1. The van der Waals surface area contributed by atoms with Gasteiger partial charge in [-0.25, -0.2) is 4.39 Å². The molecule has 0 bridgehead atoms. The van der Waals surface area contributed by atoms with E-state index in [1.807, 2.05) is 0 Å². The van der Waals surface area contributed by atoms with E-state index < -0.39 is 0 Å². The number of ether oxygens (including phenoxy) is 1. The molecule has 1 aliphatic heterocycles. The van der Waals surface area contributed by atoms with Crippen LogP contribution in [0.15, 0.2) is 29.3 Å². The minimum Gasteiger partial charge on any atom is -0.379 e. The van der Waals surface area contributed by atoms with E-state index in [0.29, 0.717) is 25.0 Å². The number of rotatable bonds is 10. The van der Waals surface area contributed by atoms with Crippen LogP contribution in [0.1, 0.15) is 25.8 Å². The van der Waals surface area contributed by atoms with Crippen molar-refractivity contribution < 1.29 is 13.9 Å². The number of hydrogen-bond acceptors (Lipinski definition) is 4. The van der Waals surface area contributed by atoms with E-state index in [1.165, 1.54) is 12.1 Å². The Morgan fingerprint density at radius 3 is 2.43 bits per heavy atom. The minimum atomic E-state index is -0.300. The lowest BCUT2D eigenvalue weighted by Gasteiger charge is -2.35. The Balaban J connectivity index is 1.68. The van der Waals surface area contributed by atoms with Crippen LogP contribution in [0.3, 0.4) is 0 Å². The van der Waals surface area contributed by atoms with Crippen molar-refractivity contribution in [2.75, 3.05) is 53.0 Å². The van der Waals surface area contributed by atoms with Gasteiger partial charge in [-0.3, -0.25) is 14.7 Å². The molecule has 0 aromatic heterocycles. The molecule has 1 aromatic rings. The van der Waals surface area contributed by atoms with Crippen molar-refractivity contribution in [1.29, 1.82) is 0 Å². The van der Waals surface area contributed by atoms with E-state index in [1.54, 1.807) is 19.2 Å². The molecule has 0 radical (unpaired) electrons. The predicted molar refractivity (Wildman–Crippen MR) is 118 cm³/mol. The Labute approximate surface area is 179 Å². The minimum absolute atomic E-state index is 0.0873. The van der Waals surface area contributed by atoms with Crippen LogP contribution in [0.25, 0.3) is 0 Å². The topological polar surface area (TPSA) is 78.0 Å². The molecular formula is C22H36FN5O2. The maximum Gasteiger partial charge on any atom is 0.224 e. The van der Waals surface area contributed by atoms with Crippen molar-refractivity contribution in [3.63, 3.8) is 0 Å². The quantitative estimate of drug-likeness (QED) is 0.302. The maximum atomic E-state index is 12.9. The average Bonchev–Trinajstić information content (AvgIpc) is 2.74. The standard InChI is InChI=1S/C22H36FN5O2/c1-17(2)14-20(28-10-12-30-13-11-28)16-27-22(24-3)26-9-8-25-21(29)15-18-4-6-19(23)7-5-18/h4-7,17,20H,8-16H2,1-3H3,(H,25,29)(H2,24,26,27). The number of nitrogens with zero attached hydrogens (tertiary/aromatic N) is 2. The summed E-state index contributed by atoms with van der Waals surface area (Å²) < 4.78 is 18.4. The Hall–Kier alpha value is -2.19. The highest BCUT2D eigenvalue weighted by molar-refractivity contribution is 5.80. The second-order valence-corrected chi connectivity index (χ2v) is 7.96. The van der Waals surface area contributed by atoms with Crippen molar-refractivity contribution in [3.8, 4) is 0 Å². The summed E-state index contributed by atoms with van der Waals surface area (Å²) in [6.07, 6.45) is 1.35. The van der Waals surface area contributed by atoms with E-state index in [2.05, 4.69) is 39.7 Å². The van der Waals surface area contributed by atoms with Gasteiger partial charge in [-0.2, -0.15) is 0 Å². The lowest BCUT2D eigenvalue weighted by Crippen LogP contribution is -2.51. The van der Waals surface area contributed by atoms with Gasteiger partial charge in [0.2, 0.25) is 5.91 Å². The van der Waals surface area contributed by atoms with Gasteiger partial charge < -0.3 is 20.7 Å². The fraction of sp³-hybridized carbons (Fsp3) is 0.636. The van der Waals surface area contributed by atoms with Crippen molar-refractivity contribution in [2.45, 2.75) is 32.7 Å². The van der Waals surface area contributed by atoms with Crippen LogP contribution in [0, 0.1) is 11.7 Å². The second kappa shape index (κ2) is 13.2. The summed E-state index contributed by atoms with van der Waals surface area (Å²) in [6, 6.07) is 6.41. The third-order valence-corrected chi connectivity index (χ3v) is 5.05. The number of nitrogens with one attached hydrogen (secondary N) is 3. The van der Waals surface area contributed by atoms with Crippen molar-refractivity contribution in [3.05, 3.63) is 35.6 Å². The molecule has 0 aliphatic carbocycles. The van der Waals surface area contributed by atoms with Crippen LogP contribution in [-0.4, -0.2) is 75.8 Å². The van der Waals surface area contributed by atoms with Gasteiger partial charge in [-0.1, -0.05) is 26.0 Å². The monoisotopic (exact) mass is 421 g/mol. The third-order valence-electron chi connectivity index (χ3n) is 5.05. The average molecular weight is 422 g/mol. The van der Waals surface area contributed by atoms with Gasteiger partial charge in [0.25, 0.3) is 0 Å². The fourth-order valence-corrected chi connectivity index (χ4v) is 3.52. The van der Waals surface area contributed by atoms with E-state index in [4.69, 9.17) is 4.74 Å². The zero-order valence-electron chi connectivity index (χ0n) is 18.4. The van der Waals surface area contributed by atoms with Crippen molar-refractivity contribution in [2.24, 2.45) is 10.9 Å². The maximum absolute atomic E-state index is 12.9. The molecule has 1 unspecified atom stereocenters. The molecule has 1 heterocycles. The van der Waals surface area contributed by atoms with Gasteiger partial charge in [0.05, 0.1) is 19.6 Å². The first kappa shape index (κ1) is 24.1. The number of hydrogen-bond donors (Lipinski definition) is 3. The molecule has 3 N–H and O–H groups in total. The molecule has 7 nitrogen and oxygen atoms in total. The number of aliphatic imine (C=N–C) groups is 1. The molecule has 30 heavy (non-hydrogen) atoms. The molecule has 1 aromatic carbocycles. The second-order valence-electron chi connectivity index (χ2n) is 7.96. The van der Waals surface area contributed by atoms with E-state index >= 15 is 0 Å². The zero-order chi connectivity index (χ0) is 21.8. The van der Waals surface area contributed by atoms with Crippen LogP contribution in [0.4, 0.5) is 4.39 Å². The molecule has 1 amide bonds. The third kappa shape index (κ3) is 9.09. The Morgan fingerprint density at radius 1 is 1.13 bits per heavy atom. The molecule has 1 aliphatic rings. The number of benzene rings is 1. The predicted octanol–water partition coefficient (Wildman–Crippen LogP) is 1.40. The summed E-state index contributed by atoms with van der Waals surface area (Å²) in [5.74, 6) is 0.956. The highest BCUT2D eigenvalue weighted by atomic mass is 19.1. The number of guanidine groups is 1. The van der Waals surface area contributed by atoms with E-state index in [0.717, 1.165) is 50.8 Å². The van der Waals surface area contributed by atoms with Crippen LogP contribution in [0.5, 0.6) is 0 Å². The first-order valence-electron chi connectivity index (χ1n) is 10.8. The summed E-state index contributed by atoms with van der Waals surface area (Å²) in [7, 11) is 1.74. The van der Waals surface area contributed by atoms with Crippen molar-refractivity contribution >= 4 is 11.9 Å². The lowest BCUT2D eigenvalue weighted by molar-refractivity contribution is -0.120. The highest BCUT2D eigenvalue weighted by Gasteiger charge is 2.22. The Morgan fingerprint density at radius 2 is 1.80 bits per heavy atom. The number of halogens is 1. The van der Waals surface area contributed by atoms with E-state index in [-0.39, 0.29) is 18.1 Å². The molecule has 1 fully saturated rings. The normalized spacial score (nSPS) is 16.4. The molecule has 8 heteroatoms. The van der Waals surface area contributed by atoms with Crippen LogP contribution in [-0.2, 0) is 16.0 Å². The molecular weight excluding hydrogens is 385 g/mol. The van der Waals surface area contributed by atoms with Gasteiger partial charge in [-0.05, 0) is 30.0 Å². The van der Waals surface area contributed by atoms with E-state index in [9.17, 15) is 9.18 Å². The summed E-state index contributed by atoms with van der Waals surface area (Å²) in [5, 5.41) is 9.52. The van der Waals surface area contributed by atoms with Gasteiger partial charge >= 0.3 is 0 Å². The van der Waals surface area contributed by atoms with Crippen molar-refractivity contribution in [1.82, 2.24) is 20.9 Å². The summed E-state index contributed by atoms with van der Waals surface area (Å²) >= 11 is 0. The Bertz CT molecular complexity index is 660. The van der Waals surface area contributed by atoms with Crippen LogP contribution in [0.2, 0.25) is 0 Å². The van der Waals surface area contributed by atoms with Crippen LogP contribution >= 0.6 is 0 Å². The smallest absolute Gasteiger partial charge is 0.224 e. The molecule has 168 valence electrons. The molecule has 1 atom stereocenters. The molecule has 1 saturated heterocycles. The molecule has 0 saturated carbocycles. The fourth-order valence-electron chi connectivity index (χ4n) is 3.52. The van der Waals surface area contributed by atoms with Gasteiger partial charge in [0.1, 0.15) is 5.82 Å². The molecule has 2 rings (SSSR count). The number of carbonyl (C=O) groups is 1. The first-order chi connectivity index (χ1) is 14.5. The van der Waals surface area contributed by atoms with Crippen LogP contribution < -0.4 is 16.0 Å². The summed E-state index contributed by atoms with van der Waals surface area (Å²) in [6.45, 7) is 9.87. The SMILES string of the molecule is CN=C(NCCNC(=O)Cc1ccc(F)cc1)NCC(CC(C)C)N1CCOCC1. The summed E-state index contributed by atoms with van der Waals surface area (Å²) in [4.78, 5) is 18.8. The largest absolute Gasteiger partial charge is 0.379 e. The lowest BCUT2D eigenvalue weighted by atomic mass is 10.0. The zero-order valence-corrected chi connectivity index (χ0v) is 18.4. The number of morpholine rings is 1. The summed E-state index contributed by atoms with van der Waals surface area (Å²) in [5.41, 5.74) is 0.790. The van der Waals surface area contributed by atoms with Gasteiger partial charge in [-0.15, -0.1) is 0 Å². The number of amides is 1. The van der Waals surface area contributed by atoms with Gasteiger partial charge in [0.15, 0.2) is 5.96 Å². The molecule has 0 spiro atoms. The first-order valence-corrected chi connectivity index (χ1v) is 10.8. The van der Waals surface area contributed by atoms with Gasteiger partial charge in [0, 0.05) is 45.8 Å². The highest BCUT2D eigenvalue weighted by Crippen LogP contribution is 2.13. The Kier molecular flexibility index (Phi) is 10.6.